The molecular formula is C15H22N2O4. The maximum atomic E-state index is 11.8. The van der Waals surface area contributed by atoms with E-state index in [-0.39, 0.29) is 18.4 Å². The van der Waals surface area contributed by atoms with Crippen LogP contribution in [0.4, 0.5) is 5.69 Å². The van der Waals surface area contributed by atoms with Crippen LogP contribution in [0.15, 0.2) is 24.3 Å². The molecule has 0 spiro atoms. The van der Waals surface area contributed by atoms with Crippen LogP contribution >= 0.6 is 0 Å². The van der Waals surface area contributed by atoms with E-state index in [1.54, 1.807) is 31.4 Å². The number of benzene rings is 1. The number of carbonyl (C=O) groups is 2. The van der Waals surface area contributed by atoms with Gasteiger partial charge >= 0.3 is 5.97 Å². The lowest BCUT2D eigenvalue weighted by atomic mass is 9.99. The van der Waals surface area contributed by atoms with Gasteiger partial charge in [-0.05, 0) is 30.2 Å². The summed E-state index contributed by atoms with van der Waals surface area (Å²) in [4.78, 5) is 22.9. The predicted octanol–water partition coefficient (Wildman–Crippen LogP) is 1.72. The topological polar surface area (TPSA) is 87.7 Å². The average Bonchev–Trinajstić information content (AvgIpc) is 2.47. The van der Waals surface area contributed by atoms with E-state index in [1.165, 1.54) is 0 Å². The van der Waals surface area contributed by atoms with Gasteiger partial charge in [0.1, 0.15) is 11.8 Å². The number of hydrogen-bond acceptors (Lipinski definition) is 4. The number of rotatable bonds is 8. The largest absolute Gasteiger partial charge is 0.497 e. The highest BCUT2D eigenvalue weighted by Gasteiger charge is 2.23. The third-order valence-corrected chi connectivity index (χ3v) is 3.34. The molecule has 3 N–H and O–H groups in total. The maximum absolute atomic E-state index is 11.8. The highest BCUT2D eigenvalue weighted by molar-refractivity contribution is 5.92. The number of carboxylic acid groups (broad SMARTS) is 1. The van der Waals surface area contributed by atoms with E-state index in [4.69, 9.17) is 9.84 Å². The molecule has 0 saturated carbocycles. The van der Waals surface area contributed by atoms with Gasteiger partial charge in [-0.3, -0.25) is 14.9 Å². The zero-order valence-electron chi connectivity index (χ0n) is 12.6. The zero-order valence-corrected chi connectivity index (χ0v) is 12.6. The first-order valence-corrected chi connectivity index (χ1v) is 6.88. The minimum absolute atomic E-state index is 0.0451. The van der Waals surface area contributed by atoms with E-state index in [0.717, 1.165) is 6.42 Å². The van der Waals surface area contributed by atoms with Crippen LogP contribution in [0.25, 0.3) is 0 Å². The Kier molecular flexibility index (Phi) is 6.68. The van der Waals surface area contributed by atoms with Crippen LogP contribution in [0.1, 0.15) is 20.3 Å². The maximum Gasteiger partial charge on any atom is 0.320 e. The van der Waals surface area contributed by atoms with Crippen LogP contribution in [-0.2, 0) is 9.59 Å². The van der Waals surface area contributed by atoms with Crippen molar-refractivity contribution in [3.63, 3.8) is 0 Å². The average molecular weight is 294 g/mol. The summed E-state index contributed by atoms with van der Waals surface area (Å²) in [5.41, 5.74) is 0.637. The van der Waals surface area contributed by atoms with Gasteiger partial charge < -0.3 is 15.2 Å². The Labute approximate surface area is 124 Å². The molecule has 0 heterocycles. The molecule has 6 nitrogen and oxygen atoms in total. The lowest BCUT2D eigenvalue weighted by Crippen LogP contribution is -2.45. The fourth-order valence-corrected chi connectivity index (χ4v) is 1.85. The van der Waals surface area contributed by atoms with E-state index in [0.29, 0.717) is 11.4 Å². The van der Waals surface area contributed by atoms with Crippen LogP contribution < -0.4 is 15.4 Å². The minimum atomic E-state index is -0.943. The van der Waals surface area contributed by atoms with Gasteiger partial charge in [0.05, 0.1) is 13.7 Å². The monoisotopic (exact) mass is 294 g/mol. The first-order chi connectivity index (χ1) is 9.97. The fourth-order valence-electron chi connectivity index (χ4n) is 1.85. The van der Waals surface area contributed by atoms with E-state index >= 15 is 0 Å². The molecule has 116 valence electrons. The van der Waals surface area contributed by atoms with Crippen LogP contribution in [0.5, 0.6) is 5.75 Å². The summed E-state index contributed by atoms with van der Waals surface area (Å²) in [6.45, 7) is 3.71. The molecular weight excluding hydrogens is 272 g/mol. The van der Waals surface area contributed by atoms with Crippen LogP contribution in [0.2, 0.25) is 0 Å². The minimum Gasteiger partial charge on any atom is -0.497 e. The predicted molar refractivity (Wildman–Crippen MR) is 80.5 cm³/mol. The van der Waals surface area contributed by atoms with Crippen molar-refractivity contribution in [1.82, 2.24) is 5.32 Å². The molecule has 0 saturated heterocycles. The Morgan fingerprint density at radius 3 is 2.38 bits per heavy atom. The van der Waals surface area contributed by atoms with Crippen LogP contribution in [-0.4, -0.2) is 36.7 Å². The van der Waals surface area contributed by atoms with Gasteiger partial charge in [-0.1, -0.05) is 20.3 Å². The Balaban J connectivity index is 2.50. The molecule has 1 amide bonds. The number of nitrogens with one attached hydrogen (secondary N) is 2. The molecule has 0 aliphatic heterocycles. The lowest BCUT2D eigenvalue weighted by molar-refractivity contribution is -0.140. The second-order valence-electron chi connectivity index (χ2n) is 4.86. The highest BCUT2D eigenvalue weighted by atomic mass is 16.5. The summed E-state index contributed by atoms with van der Waals surface area (Å²) < 4.78 is 5.03. The Hall–Kier alpha value is -2.08. The van der Waals surface area contributed by atoms with Crippen LogP contribution in [0.3, 0.4) is 0 Å². The van der Waals surface area contributed by atoms with Gasteiger partial charge in [-0.15, -0.1) is 0 Å². The second-order valence-corrected chi connectivity index (χ2v) is 4.86. The van der Waals surface area contributed by atoms with Gasteiger partial charge in [0.25, 0.3) is 0 Å². The number of amides is 1. The van der Waals surface area contributed by atoms with E-state index in [2.05, 4.69) is 10.6 Å². The number of methoxy groups -OCH3 is 1. The molecule has 1 rings (SSSR count). The molecule has 21 heavy (non-hydrogen) atoms. The smallest absolute Gasteiger partial charge is 0.320 e. The summed E-state index contributed by atoms with van der Waals surface area (Å²) in [5.74, 6) is -0.568. The van der Waals surface area contributed by atoms with Crippen molar-refractivity contribution in [3.8, 4) is 5.75 Å². The van der Waals surface area contributed by atoms with E-state index < -0.39 is 12.0 Å². The van der Waals surface area contributed by atoms with Crippen molar-refractivity contribution in [2.24, 2.45) is 5.92 Å². The van der Waals surface area contributed by atoms with Crippen molar-refractivity contribution < 1.29 is 19.4 Å². The molecule has 0 aliphatic carbocycles. The molecule has 0 unspecified atom stereocenters. The van der Waals surface area contributed by atoms with E-state index in [1.807, 2.05) is 13.8 Å². The summed E-state index contributed by atoms with van der Waals surface area (Å²) in [7, 11) is 1.57. The van der Waals surface area contributed by atoms with Crippen molar-refractivity contribution >= 4 is 17.6 Å². The molecule has 6 heteroatoms. The third-order valence-electron chi connectivity index (χ3n) is 3.34. The standard InChI is InChI=1S/C15H22N2O4/c1-4-10(2)14(15(19)20)16-9-13(18)17-11-5-7-12(21-3)8-6-11/h5-8,10,14,16H,4,9H2,1-3H3,(H,17,18)(H,19,20)/t10-,14-/m0/s1. The Bertz CT molecular complexity index is 473. The van der Waals surface area contributed by atoms with Gasteiger partial charge in [0.2, 0.25) is 5.91 Å². The van der Waals surface area contributed by atoms with Crippen molar-refractivity contribution in [1.29, 1.82) is 0 Å². The summed E-state index contributed by atoms with van der Waals surface area (Å²) in [6, 6.07) is 6.20. The first kappa shape index (κ1) is 17.0. The van der Waals surface area contributed by atoms with Crippen molar-refractivity contribution in [3.05, 3.63) is 24.3 Å². The third kappa shape index (κ3) is 5.43. The molecule has 0 bridgehead atoms. The summed E-state index contributed by atoms with van der Waals surface area (Å²) in [6.07, 6.45) is 0.726. The lowest BCUT2D eigenvalue weighted by Gasteiger charge is -2.19. The summed E-state index contributed by atoms with van der Waals surface area (Å²) in [5, 5.41) is 14.6. The molecule has 0 fully saturated rings. The number of carboxylic acids is 1. The molecule has 2 atom stereocenters. The van der Waals surface area contributed by atoms with Crippen molar-refractivity contribution in [2.75, 3.05) is 19.0 Å². The number of ether oxygens (including phenoxy) is 1. The van der Waals surface area contributed by atoms with E-state index in [9.17, 15) is 9.59 Å². The zero-order chi connectivity index (χ0) is 15.8. The van der Waals surface area contributed by atoms with Gasteiger partial charge in [0, 0.05) is 5.69 Å². The summed E-state index contributed by atoms with van der Waals surface area (Å²) >= 11 is 0. The quantitative estimate of drug-likeness (QED) is 0.679. The van der Waals surface area contributed by atoms with Crippen LogP contribution in [0, 0.1) is 5.92 Å². The van der Waals surface area contributed by atoms with Gasteiger partial charge in [-0.2, -0.15) is 0 Å². The SMILES string of the molecule is CC[C@H](C)[C@H](NCC(=O)Nc1ccc(OC)cc1)C(=O)O. The van der Waals surface area contributed by atoms with Crippen molar-refractivity contribution in [2.45, 2.75) is 26.3 Å². The molecule has 0 aliphatic rings. The van der Waals surface area contributed by atoms with Gasteiger partial charge in [-0.25, -0.2) is 0 Å². The number of hydrogen-bond donors (Lipinski definition) is 3. The number of carbonyl (C=O) groups excluding carboxylic acids is 1. The number of aliphatic carboxylic acids is 1. The van der Waals surface area contributed by atoms with Gasteiger partial charge in [0.15, 0.2) is 0 Å². The normalized spacial score (nSPS) is 13.3. The molecule has 1 aromatic carbocycles. The fraction of sp³-hybridized carbons (Fsp3) is 0.467. The second kappa shape index (κ2) is 8.26. The highest BCUT2D eigenvalue weighted by Crippen LogP contribution is 2.14. The molecule has 0 aromatic heterocycles. The Morgan fingerprint density at radius 2 is 1.90 bits per heavy atom. The first-order valence-electron chi connectivity index (χ1n) is 6.88. The molecule has 0 radical (unpaired) electrons. The number of anilines is 1. The molecule has 1 aromatic rings. The Morgan fingerprint density at radius 1 is 1.29 bits per heavy atom.